The Morgan fingerprint density at radius 2 is 2.36 bits per heavy atom. The van der Waals surface area contributed by atoms with Crippen LogP contribution >= 0.6 is 11.6 Å². The van der Waals surface area contributed by atoms with E-state index in [0.717, 1.165) is 19.4 Å². The molecule has 1 saturated heterocycles. The normalized spacial score (nSPS) is 28.7. The van der Waals surface area contributed by atoms with Crippen LogP contribution in [0.3, 0.4) is 0 Å². The third kappa shape index (κ3) is 2.72. The molecule has 0 aromatic rings. The van der Waals surface area contributed by atoms with Crippen LogP contribution in [-0.2, 0) is 4.79 Å². The molecule has 0 aromatic heterocycles. The largest absolute Gasteiger partial charge is 0.480 e. The van der Waals surface area contributed by atoms with E-state index in [2.05, 4.69) is 6.58 Å². The first kappa shape index (κ1) is 11.5. The van der Waals surface area contributed by atoms with Gasteiger partial charge < -0.3 is 5.11 Å². The van der Waals surface area contributed by atoms with Crippen LogP contribution in [0.4, 0.5) is 0 Å². The third-order valence-corrected chi connectivity index (χ3v) is 2.78. The van der Waals surface area contributed by atoms with Crippen molar-refractivity contribution in [3.8, 4) is 0 Å². The molecule has 0 amide bonds. The highest BCUT2D eigenvalue weighted by atomic mass is 35.5. The minimum atomic E-state index is -0.755. The van der Waals surface area contributed by atoms with Crippen LogP contribution < -0.4 is 0 Å². The van der Waals surface area contributed by atoms with Crippen LogP contribution in [0.5, 0.6) is 0 Å². The number of piperidine rings is 1. The number of carboxylic acids is 1. The van der Waals surface area contributed by atoms with Crippen LogP contribution in [0, 0.1) is 5.92 Å². The van der Waals surface area contributed by atoms with E-state index in [1.165, 1.54) is 0 Å². The van der Waals surface area contributed by atoms with Crippen molar-refractivity contribution < 1.29 is 9.90 Å². The highest BCUT2D eigenvalue weighted by Crippen LogP contribution is 2.24. The quantitative estimate of drug-likeness (QED) is 0.786. The first-order valence-electron chi connectivity index (χ1n) is 4.82. The van der Waals surface area contributed by atoms with E-state index in [1.54, 1.807) is 0 Å². The summed E-state index contributed by atoms with van der Waals surface area (Å²) in [5.41, 5.74) is 0. The van der Waals surface area contributed by atoms with Gasteiger partial charge in [0, 0.05) is 11.6 Å². The standard InChI is InChI=1S/C10H16ClNO2/c1-7-4-3-5-12(6-8(2)11)9(7)10(13)14/h7,9H,2-6H2,1H3,(H,13,14). The maximum atomic E-state index is 11.0. The molecule has 0 aliphatic carbocycles. The van der Waals surface area contributed by atoms with Crippen LogP contribution in [0.15, 0.2) is 11.6 Å². The second-order valence-electron chi connectivity index (χ2n) is 3.89. The fourth-order valence-corrected chi connectivity index (χ4v) is 2.22. The molecule has 14 heavy (non-hydrogen) atoms. The Morgan fingerprint density at radius 3 is 2.86 bits per heavy atom. The van der Waals surface area contributed by atoms with Gasteiger partial charge in [-0.2, -0.15) is 0 Å². The number of hydrogen-bond donors (Lipinski definition) is 1. The second kappa shape index (κ2) is 4.80. The van der Waals surface area contributed by atoms with Gasteiger partial charge in [-0.3, -0.25) is 9.69 Å². The van der Waals surface area contributed by atoms with E-state index < -0.39 is 12.0 Å². The Kier molecular flexibility index (Phi) is 3.96. The fraction of sp³-hybridized carbons (Fsp3) is 0.700. The molecule has 0 aromatic carbocycles. The number of carboxylic acid groups (broad SMARTS) is 1. The van der Waals surface area contributed by atoms with Gasteiger partial charge in [0.05, 0.1) is 0 Å². The van der Waals surface area contributed by atoms with Crippen LogP contribution in [0.25, 0.3) is 0 Å². The van der Waals surface area contributed by atoms with Crippen molar-refractivity contribution in [3.05, 3.63) is 11.6 Å². The minimum Gasteiger partial charge on any atom is -0.480 e. The first-order valence-corrected chi connectivity index (χ1v) is 5.20. The van der Waals surface area contributed by atoms with Gasteiger partial charge in [0.2, 0.25) is 0 Å². The lowest BCUT2D eigenvalue weighted by atomic mass is 9.91. The van der Waals surface area contributed by atoms with Gasteiger partial charge in [-0.25, -0.2) is 0 Å². The fourth-order valence-electron chi connectivity index (χ4n) is 2.07. The molecular weight excluding hydrogens is 202 g/mol. The molecular formula is C10H16ClNO2. The minimum absolute atomic E-state index is 0.192. The topological polar surface area (TPSA) is 40.5 Å². The molecule has 1 aliphatic heterocycles. The maximum Gasteiger partial charge on any atom is 0.321 e. The summed E-state index contributed by atoms with van der Waals surface area (Å²) in [6.07, 6.45) is 2.01. The van der Waals surface area contributed by atoms with Crippen molar-refractivity contribution in [1.29, 1.82) is 0 Å². The summed E-state index contributed by atoms with van der Waals surface area (Å²) in [6, 6.07) is -0.403. The van der Waals surface area contributed by atoms with Crippen molar-refractivity contribution in [2.24, 2.45) is 5.92 Å². The van der Waals surface area contributed by atoms with E-state index in [-0.39, 0.29) is 5.92 Å². The van der Waals surface area contributed by atoms with Gasteiger partial charge in [-0.05, 0) is 25.3 Å². The number of hydrogen-bond acceptors (Lipinski definition) is 2. The Balaban J connectivity index is 2.69. The number of likely N-dealkylation sites (tertiary alicyclic amines) is 1. The number of aliphatic carboxylic acids is 1. The number of rotatable bonds is 3. The Morgan fingerprint density at radius 1 is 1.71 bits per heavy atom. The van der Waals surface area contributed by atoms with Crippen LogP contribution in [-0.4, -0.2) is 35.1 Å². The molecule has 1 N–H and O–H groups in total. The lowest BCUT2D eigenvalue weighted by Crippen LogP contribution is -2.49. The van der Waals surface area contributed by atoms with E-state index in [0.29, 0.717) is 11.6 Å². The Bertz CT molecular complexity index is 242. The summed E-state index contributed by atoms with van der Waals surface area (Å²) >= 11 is 5.70. The van der Waals surface area contributed by atoms with E-state index >= 15 is 0 Å². The van der Waals surface area contributed by atoms with Crippen molar-refractivity contribution in [2.75, 3.05) is 13.1 Å². The van der Waals surface area contributed by atoms with Crippen LogP contribution in [0.2, 0.25) is 0 Å². The van der Waals surface area contributed by atoms with E-state index in [1.807, 2.05) is 11.8 Å². The summed E-state index contributed by atoms with van der Waals surface area (Å²) in [5.74, 6) is -0.563. The highest BCUT2D eigenvalue weighted by molar-refractivity contribution is 6.29. The second-order valence-corrected chi connectivity index (χ2v) is 4.42. The predicted molar refractivity (Wildman–Crippen MR) is 56.4 cm³/mol. The zero-order chi connectivity index (χ0) is 10.7. The summed E-state index contributed by atoms with van der Waals surface area (Å²) < 4.78 is 0. The summed E-state index contributed by atoms with van der Waals surface area (Å²) in [6.45, 7) is 6.85. The first-order chi connectivity index (χ1) is 6.52. The molecule has 1 rings (SSSR count). The van der Waals surface area contributed by atoms with Crippen molar-refractivity contribution in [2.45, 2.75) is 25.8 Å². The molecule has 0 saturated carbocycles. The number of nitrogens with zero attached hydrogens (tertiary/aromatic N) is 1. The molecule has 2 unspecified atom stereocenters. The molecule has 3 nitrogen and oxygen atoms in total. The van der Waals surface area contributed by atoms with Crippen LogP contribution in [0.1, 0.15) is 19.8 Å². The summed E-state index contributed by atoms with van der Waals surface area (Å²) in [4.78, 5) is 12.9. The smallest absolute Gasteiger partial charge is 0.321 e. The van der Waals surface area contributed by atoms with Gasteiger partial charge >= 0.3 is 5.97 Å². The molecule has 0 bridgehead atoms. The summed E-state index contributed by atoms with van der Waals surface area (Å²) in [7, 11) is 0. The van der Waals surface area contributed by atoms with Gasteiger partial charge in [0.1, 0.15) is 6.04 Å². The lowest BCUT2D eigenvalue weighted by molar-refractivity contribution is -0.146. The van der Waals surface area contributed by atoms with Gasteiger partial charge in [-0.1, -0.05) is 25.1 Å². The average molecular weight is 218 g/mol. The van der Waals surface area contributed by atoms with Crippen molar-refractivity contribution in [1.82, 2.24) is 4.90 Å². The Hall–Kier alpha value is -0.540. The molecule has 80 valence electrons. The van der Waals surface area contributed by atoms with E-state index in [9.17, 15) is 4.79 Å². The summed E-state index contributed by atoms with van der Waals surface area (Å²) in [5, 5.41) is 9.58. The molecule has 0 spiro atoms. The number of halogens is 1. The highest BCUT2D eigenvalue weighted by Gasteiger charge is 2.33. The lowest BCUT2D eigenvalue weighted by Gasteiger charge is -2.36. The van der Waals surface area contributed by atoms with Crippen molar-refractivity contribution >= 4 is 17.6 Å². The number of carbonyl (C=O) groups is 1. The van der Waals surface area contributed by atoms with Gasteiger partial charge in [0.15, 0.2) is 0 Å². The zero-order valence-electron chi connectivity index (χ0n) is 8.37. The SMILES string of the molecule is C=C(Cl)CN1CCCC(C)C1C(=O)O. The van der Waals surface area contributed by atoms with Gasteiger partial charge in [0.25, 0.3) is 0 Å². The average Bonchev–Trinajstić information content (AvgIpc) is 2.01. The van der Waals surface area contributed by atoms with E-state index in [4.69, 9.17) is 16.7 Å². The molecule has 1 fully saturated rings. The molecule has 0 radical (unpaired) electrons. The Labute approximate surface area is 89.3 Å². The predicted octanol–water partition coefficient (Wildman–Crippen LogP) is 1.92. The molecule has 4 heteroatoms. The van der Waals surface area contributed by atoms with Crippen molar-refractivity contribution in [3.63, 3.8) is 0 Å². The van der Waals surface area contributed by atoms with Gasteiger partial charge in [-0.15, -0.1) is 0 Å². The zero-order valence-corrected chi connectivity index (χ0v) is 9.13. The molecule has 1 heterocycles. The molecule has 2 atom stereocenters. The maximum absolute atomic E-state index is 11.0. The third-order valence-electron chi connectivity index (χ3n) is 2.66. The molecule has 1 aliphatic rings. The monoisotopic (exact) mass is 217 g/mol.